The van der Waals surface area contributed by atoms with Gasteiger partial charge in [0.05, 0.1) is 18.8 Å². The monoisotopic (exact) mass is 604 g/mol. The predicted octanol–water partition coefficient (Wildman–Crippen LogP) is 3.67. The lowest BCUT2D eigenvalue weighted by molar-refractivity contribution is -0.150. The molecule has 3 heterocycles. The first kappa shape index (κ1) is 31.6. The highest BCUT2D eigenvalue weighted by molar-refractivity contribution is 5.93. The molecule has 1 aliphatic carbocycles. The Morgan fingerprint density at radius 1 is 1.09 bits per heavy atom. The van der Waals surface area contributed by atoms with Crippen molar-refractivity contribution in [2.45, 2.75) is 102 Å². The van der Waals surface area contributed by atoms with E-state index in [1.54, 1.807) is 11.8 Å². The van der Waals surface area contributed by atoms with Crippen LogP contribution in [0.4, 0.5) is 8.78 Å². The quantitative estimate of drug-likeness (QED) is 0.446. The number of halogens is 2. The molecule has 1 aromatic carbocycles. The third kappa shape index (κ3) is 7.14. The number of carbonyl (C=O) groups is 3. The molecule has 2 saturated heterocycles. The Balaban J connectivity index is 1.41. The summed E-state index contributed by atoms with van der Waals surface area (Å²) in [6.45, 7) is 8.01. The average molecular weight is 605 g/mol. The zero-order valence-corrected chi connectivity index (χ0v) is 25.5. The Kier molecular flexibility index (Phi) is 9.90. The van der Waals surface area contributed by atoms with Crippen molar-refractivity contribution in [1.82, 2.24) is 20.4 Å². The zero-order valence-electron chi connectivity index (χ0n) is 25.5. The number of nitrogens with one attached hydrogen (secondary N) is 2. The van der Waals surface area contributed by atoms with Crippen LogP contribution in [0, 0.1) is 11.8 Å². The van der Waals surface area contributed by atoms with E-state index in [2.05, 4.69) is 15.5 Å². The molecule has 0 radical (unpaired) electrons. The number of benzene rings is 1. The standard InChI is InChI=1S/C32H46F2N4O5/c1-4-20(3)29(39)36-28(21-10-13-32(33,34)14-11-21)31(41)38-17-22-16-23(42-5-2)18-37(22)19-26(38)30(40)35-25-12-15-43-27-9-7-6-8-24(25)27/h6-9,20-23,25-26,28H,4-5,10-19H2,1-3H3,(H,35,40)(H,36,39)/t20-,22-,23-,25?,26+,28+/m1/s1. The molecule has 3 aliphatic heterocycles. The van der Waals surface area contributed by atoms with Gasteiger partial charge in [0.15, 0.2) is 0 Å². The van der Waals surface area contributed by atoms with Gasteiger partial charge in [-0.1, -0.05) is 32.0 Å². The molecule has 2 N–H and O–H groups in total. The summed E-state index contributed by atoms with van der Waals surface area (Å²) in [5.41, 5.74) is 0.896. The third-order valence-electron chi connectivity index (χ3n) is 9.80. The van der Waals surface area contributed by atoms with Crippen LogP contribution in [0.25, 0.3) is 0 Å². The molecule has 1 unspecified atom stereocenters. The molecular formula is C32H46F2N4O5. The molecular weight excluding hydrogens is 558 g/mol. The number of amides is 3. The van der Waals surface area contributed by atoms with Gasteiger partial charge in [0.25, 0.3) is 0 Å². The molecule has 4 aliphatic rings. The normalized spacial score (nSPS) is 28.6. The maximum Gasteiger partial charge on any atom is 0.248 e. The van der Waals surface area contributed by atoms with Gasteiger partial charge in [-0.25, -0.2) is 8.78 Å². The summed E-state index contributed by atoms with van der Waals surface area (Å²) >= 11 is 0. The maximum absolute atomic E-state index is 14.5. The summed E-state index contributed by atoms with van der Waals surface area (Å²) in [7, 11) is 0. The molecule has 6 atom stereocenters. The topological polar surface area (TPSA) is 100 Å². The Morgan fingerprint density at radius 2 is 1.84 bits per heavy atom. The van der Waals surface area contributed by atoms with E-state index in [1.807, 2.05) is 38.1 Å². The van der Waals surface area contributed by atoms with E-state index in [-0.39, 0.29) is 67.5 Å². The number of piperazine rings is 1. The van der Waals surface area contributed by atoms with Crippen molar-refractivity contribution in [3.63, 3.8) is 0 Å². The largest absolute Gasteiger partial charge is 0.493 e. The number of hydrogen-bond donors (Lipinski definition) is 2. The van der Waals surface area contributed by atoms with E-state index >= 15 is 0 Å². The number of nitrogens with zero attached hydrogens (tertiary/aromatic N) is 2. The molecule has 3 amide bonds. The lowest BCUT2D eigenvalue weighted by Crippen LogP contribution is -2.66. The van der Waals surface area contributed by atoms with Crippen LogP contribution < -0.4 is 15.4 Å². The van der Waals surface area contributed by atoms with Gasteiger partial charge < -0.3 is 25.0 Å². The number of fused-ring (bicyclic) bond motifs is 2. The van der Waals surface area contributed by atoms with Gasteiger partial charge in [0.1, 0.15) is 17.8 Å². The first-order valence-electron chi connectivity index (χ1n) is 16.0. The van der Waals surface area contributed by atoms with E-state index in [9.17, 15) is 23.2 Å². The Bertz CT molecular complexity index is 1160. The van der Waals surface area contributed by atoms with Crippen molar-refractivity contribution >= 4 is 17.7 Å². The first-order valence-corrected chi connectivity index (χ1v) is 16.0. The molecule has 5 rings (SSSR count). The molecule has 11 heteroatoms. The second-order valence-electron chi connectivity index (χ2n) is 12.7. The average Bonchev–Trinajstić information content (AvgIpc) is 3.40. The molecule has 9 nitrogen and oxygen atoms in total. The smallest absolute Gasteiger partial charge is 0.248 e. The number of rotatable bonds is 9. The first-order chi connectivity index (χ1) is 20.6. The summed E-state index contributed by atoms with van der Waals surface area (Å²) in [6.07, 6.45) is 1.57. The molecule has 0 spiro atoms. The van der Waals surface area contributed by atoms with Crippen molar-refractivity contribution in [3.05, 3.63) is 29.8 Å². The van der Waals surface area contributed by atoms with Crippen LogP contribution in [0.5, 0.6) is 5.75 Å². The van der Waals surface area contributed by atoms with Gasteiger partial charge >= 0.3 is 0 Å². The van der Waals surface area contributed by atoms with Crippen LogP contribution in [0.2, 0.25) is 0 Å². The predicted molar refractivity (Wildman–Crippen MR) is 157 cm³/mol. The fourth-order valence-corrected chi connectivity index (χ4v) is 7.05. The van der Waals surface area contributed by atoms with Crippen molar-refractivity contribution in [3.8, 4) is 5.75 Å². The minimum absolute atomic E-state index is 0.00922. The van der Waals surface area contributed by atoms with Crippen LogP contribution in [-0.4, -0.2) is 90.5 Å². The van der Waals surface area contributed by atoms with Gasteiger partial charge in [-0.05, 0) is 44.6 Å². The molecule has 43 heavy (non-hydrogen) atoms. The van der Waals surface area contributed by atoms with E-state index in [1.165, 1.54) is 0 Å². The van der Waals surface area contributed by atoms with E-state index in [4.69, 9.17) is 9.47 Å². The van der Waals surface area contributed by atoms with E-state index < -0.39 is 23.9 Å². The van der Waals surface area contributed by atoms with Crippen molar-refractivity contribution in [2.24, 2.45) is 11.8 Å². The number of alkyl halides is 2. The fraction of sp³-hybridized carbons (Fsp3) is 0.719. The number of ether oxygens (including phenoxy) is 2. The molecule has 0 bridgehead atoms. The van der Waals surface area contributed by atoms with Crippen molar-refractivity contribution in [2.75, 3.05) is 32.8 Å². The van der Waals surface area contributed by atoms with Crippen molar-refractivity contribution in [1.29, 1.82) is 0 Å². The zero-order chi connectivity index (χ0) is 30.7. The van der Waals surface area contributed by atoms with Crippen molar-refractivity contribution < 1.29 is 32.6 Å². The highest BCUT2D eigenvalue weighted by Gasteiger charge is 2.48. The second kappa shape index (κ2) is 13.5. The molecule has 238 valence electrons. The van der Waals surface area contributed by atoms with Crippen LogP contribution in [0.3, 0.4) is 0 Å². The van der Waals surface area contributed by atoms with E-state index in [0.717, 1.165) is 17.7 Å². The molecule has 1 aromatic rings. The number of carbonyl (C=O) groups excluding carboxylic acids is 3. The number of para-hydroxylation sites is 1. The maximum atomic E-state index is 14.5. The van der Waals surface area contributed by atoms with E-state index in [0.29, 0.717) is 45.7 Å². The number of hydrogen-bond acceptors (Lipinski definition) is 6. The highest BCUT2D eigenvalue weighted by Crippen LogP contribution is 2.39. The van der Waals surface area contributed by atoms with Crippen LogP contribution >= 0.6 is 0 Å². The summed E-state index contributed by atoms with van der Waals surface area (Å²) in [6, 6.07) is 5.60. The minimum Gasteiger partial charge on any atom is -0.493 e. The van der Waals surface area contributed by atoms with Crippen LogP contribution in [0.15, 0.2) is 24.3 Å². The Labute approximate surface area is 253 Å². The van der Waals surface area contributed by atoms with Gasteiger partial charge in [-0.2, -0.15) is 0 Å². The summed E-state index contributed by atoms with van der Waals surface area (Å²) in [5.74, 6) is -3.69. The summed E-state index contributed by atoms with van der Waals surface area (Å²) in [4.78, 5) is 45.5. The van der Waals surface area contributed by atoms with Gasteiger partial charge in [-0.15, -0.1) is 0 Å². The van der Waals surface area contributed by atoms with Crippen LogP contribution in [0.1, 0.15) is 77.3 Å². The second-order valence-corrected chi connectivity index (χ2v) is 12.7. The third-order valence-corrected chi connectivity index (χ3v) is 9.80. The molecule has 1 saturated carbocycles. The minimum atomic E-state index is -2.77. The molecule has 0 aromatic heterocycles. The van der Waals surface area contributed by atoms with Gasteiger partial charge in [0, 0.05) is 63.0 Å². The van der Waals surface area contributed by atoms with Gasteiger partial charge in [-0.3, -0.25) is 19.3 Å². The Hall–Kier alpha value is -2.79. The summed E-state index contributed by atoms with van der Waals surface area (Å²) < 4.78 is 39.9. The lowest BCUT2D eigenvalue weighted by Gasteiger charge is -2.45. The fourth-order valence-electron chi connectivity index (χ4n) is 7.05. The SMILES string of the molecule is CCO[C@@H]1C[C@@H]2CN(C(=O)[C@@H](NC(=O)[C@H](C)CC)C3CCC(F)(F)CC3)[C@H](C(=O)NC3CCOc4ccccc43)CN2C1. The molecule has 3 fully saturated rings. The lowest BCUT2D eigenvalue weighted by atomic mass is 9.81. The Morgan fingerprint density at radius 3 is 2.56 bits per heavy atom. The van der Waals surface area contributed by atoms with Gasteiger partial charge in [0.2, 0.25) is 23.6 Å². The van der Waals surface area contributed by atoms with Crippen LogP contribution in [-0.2, 0) is 19.1 Å². The summed E-state index contributed by atoms with van der Waals surface area (Å²) in [5, 5.41) is 6.13. The highest BCUT2D eigenvalue weighted by atomic mass is 19.3.